The number of aromatic nitrogens is 6. The molecule has 2 amide bonds. The summed E-state index contributed by atoms with van der Waals surface area (Å²) in [6.07, 6.45) is 0. The van der Waals surface area contributed by atoms with Gasteiger partial charge in [0.2, 0.25) is 0 Å². The first-order valence-corrected chi connectivity index (χ1v) is 12.0. The van der Waals surface area contributed by atoms with Crippen molar-refractivity contribution in [3.63, 3.8) is 0 Å². The number of hydrogen-bond acceptors (Lipinski definition) is 8. The molecule has 0 aliphatic heterocycles. The molecule has 12 nitrogen and oxygen atoms in total. The molecule has 16 heteroatoms. The Morgan fingerprint density at radius 1 is 0.730 bits per heavy atom. The molecule has 0 fully saturated rings. The monoisotopic (exact) mass is 632 g/mol. The van der Waals surface area contributed by atoms with E-state index in [2.05, 4.69) is 90.2 Å². The number of aryl methyl sites for hydroxylation is 6. The standard InChI is InChI=1S/C15H21BN6.2C3H7NOS.Mo.NO/c1-10-7-13(4)20(17-10)16(21-14(5)8-11(2)18-21)22-15(6)9-12(3)19-22;2*1-4-3(5)2-6;;1-2/h7-9H,1-6H3;2*6H,2H2,1H3,(H,4,5);;/q-1;;;+4;-1/p-2. The van der Waals surface area contributed by atoms with Crippen molar-refractivity contribution in [1.29, 1.82) is 0 Å². The summed E-state index contributed by atoms with van der Waals surface area (Å²) in [5.41, 5.74) is 12.0. The molecule has 0 bridgehead atoms. The van der Waals surface area contributed by atoms with E-state index in [1.54, 1.807) is 14.1 Å². The van der Waals surface area contributed by atoms with Crippen LogP contribution in [-0.2, 0) is 55.9 Å². The number of amides is 2. The SMILES string of the molecule is CNC(=O)C[S-].CNC(=O)C[S-].Cc1cc(C)n([B-](n2nc(C)cc2C)n2nc(C)cc2C)n1.[Mo+4].[N-]=O. The Morgan fingerprint density at radius 3 is 1.08 bits per heavy atom. The first-order chi connectivity index (χ1) is 17.0. The molecule has 3 aromatic rings. The predicted octanol–water partition coefficient (Wildman–Crippen LogP) is 0.935. The summed E-state index contributed by atoms with van der Waals surface area (Å²) in [7, 11) is 2.90. The average molecular weight is 630 g/mol. The number of nitrogens with one attached hydrogen (secondary N) is 2. The Kier molecular flexibility index (Phi) is 18.7. The molecule has 1 radical (unpaired) electrons. The molecule has 0 aliphatic rings. The minimum Gasteiger partial charge on any atom is -0.783 e. The van der Waals surface area contributed by atoms with Gasteiger partial charge in [-0.15, -0.1) is 0 Å². The number of carbonyl (C=O) groups is 2. The Balaban J connectivity index is 0. The van der Waals surface area contributed by atoms with Crippen molar-refractivity contribution in [2.24, 2.45) is 0 Å². The molecule has 3 rings (SSSR count). The first kappa shape index (κ1) is 36.8. The zero-order valence-electron chi connectivity index (χ0n) is 22.3. The van der Waals surface area contributed by atoms with Crippen LogP contribution in [0.5, 0.6) is 0 Å². The van der Waals surface area contributed by atoms with E-state index in [0.29, 0.717) is 0 Å². The molecule has 0 aromatic carbocycles. The third-order valence-electron chi connectivity index (χ3n) is 4.61. The molecule has 2 N–H and O–H groups in total. The van der Waals surface area contributed by atoms with Crippen molar-refractivity contribution >= 4 is 44.2 Å². The zero-order valence-corrected chi connectivity index (χ0v) is 25.9. The molecule has 37 heavy (non-hydrogen) atoms. The van der Waals surface area contributed by atoms with Crippen molar-refractivity contribution in [2.75, 3.05) is 25.6 Å². The van der Waals surface area contributed by atoms with Gasteiger partial charge in [0.25, 0.3) is 7.12 Å². The minimum absolute atomic E-state index is 0. The van der Waals surface area contributed by atoms with E-state index in [-0.39, 0.29) is 51.5 Å². The molecule has 201 valence electrons. The molecule has 0 aliphatic carbocycles. The molecule has 0 spiro atoms. The van der Waals surface area contributed by atoms with Gasteiger partial charge in [0.05, 0.1) is 17.1 Å². The fourth-order valence-corrected chi connectivity index (χ4v) is 3.38. The Bertz CT molecular complexity index is 983. The minimum atomic E-state index is -0.226. The van der Waals surface area contributed by atoms with Gasteiger partial charge in [-0.05, 0) is 76.8 Å². The van der Waals surface area contributed by atoms with E-state index >= 15 is 0 Å². The number of nitroso groups, excluding NO2 is 1. The van der Waals surface area contributed by atoms with Gasteiger partial charge in [-0.25, -0.2) is 15.3 Å². The van der Waals surface area contributed by atoms with Gasteiger partial charge in [0.15, 0.2) is 11.8 Å². The van der Waals surface area contributed by atoms with E-state index in [0.717, 1.165) is 34.2 Å². The summed E-state index contributed by atoms with van der Waals surface area (Å²) >= 11 is 8.72. The molecular formula is C21H33BMoN9O3S2. The van der Waals surface area contributed by atoms with Crippen LogP contribution >= 0.6 is 0 Å². The number of nitrogens with zero attached hydrogens (tertiary/aromatic N) is 7. The summed E-state index contributed by atoms with van der Waals surface area (Å²) in [4.78, 5) is 27.2. The number of carbonyl (C=O) groups excluding carboxylic acids is 2. The predicted molar refractivity (Wildman–Crippen MR) is 146 cm³/mol. The average Bonchev–Trinajstić information content (AvgIpc) is 3.50. The zero-order chi connectivity index (χ0) is 28.0. The second-order valence-corrected chi connectivity index (χ2v) is 8.17. The van der Waals surface area contributed by atoms with Gasteiger partial charge in [0.1, 0.15) is 0 Å². The molecule has 0 saturated heterocycles. The largest absolute Gasteiger partial charge is 4.00 e. The molecule has 0 atom stereocenters. The maximum absolute atomic E-state index is 9.97. The van der Waals surface area contributed by atoms with Gasteiger partial charge < -0.3 is 60.2 Å². The Labute approximate surface area is 243 Å². The normalized spacial score (nSPS) is 9.49. The summed E-state index contributed by atoms with van der Waals surface area (Å²) in [5.74, 6) is 0.141. The van der Waals surface area contributed by atoms with E-state index in [9.17, 15) is 9.59 Å². The molecule has 0 unspecified atom stereocenters. The second kappa shape index (κ2) is 18.8. The van der Waals surface area contributed by atoms with Crippen molar-refractivity contribution in [1.82, 2.24) is 39.7 Å². The Hall–Kier alpha value is -2.38. The van der Waals surface area contributed by atoms with Crippen LogP contribution < -0.4 is 10.6 Å². The van der Waals surface area contributed by atoms with Crippen LogP contribution in [0.15, 0.2) is 18.2 Å². The van der Waals surface area contributed by atoms with Gasteiger partial charge in [-0.1, -0.05) is 11.5 Å². The van der Waals surface area contributed by atoms with E-state index in [4.69, 9.17) is 10.5 Å². The van der Waals surface area contributed by atoms with E-state index < -0.39 is 0 Å². The fraction of sp³-hybridized carbons (Fsp3) is 0.476. The summed E-state index contributed by atoms with van der Waals surface area (Å²) < 4.78 is 5.94. The first-order valence-electron chi connectivity index (χ1n) is 10.8. The quantitative estimate of drug-likeness (QED) is 0.312. The van der Waals surface area contributed by atoms with Crippen molar-refractivity contribution < 1.29 is 30.7 Å². The summed E-state index contributed by atoms with van der Waals surface area (Å²) in [5, 5.41) is 18.7. The van der Waals surface area contributed by atoms with Gasteiger partial charge in [-0.3, -0.25) is 9.59 Å². The van der Waals surface area contributed by atoms with Crippen LogP contribution in [0.1, 0.15) is 34.2 Å². The number of rotatable bonds is 5. The van der Waals surface area contributed by atoms with E-state index in [1.807, 2.05) is 34.5 Å². The van der Waals surface area contributed by atoms with Crippen LogP contribution in [0, 0.1) is 46.4 Å². The summed E-state index contributed by atoms with van der Waals surface area (Å²) in [6.45, 7) is 12.2. The maximum atomic E-state index is 9.97. The third kappa shape index (κ3) is 11.7. The van der Waals surface area contributed by atoms with Crippen LogP contribution in [0.25, 0.3) is 5.59 Å². The van der Waals surface area contributed by atoms with Crippen molar-refractivity contribution in [3.8, 4) is 0 Å². The van der Waals surface area contributed by atoms with Gasteiger partial charge in [0, 0.05) is 14.1 Å². The fourth-order valence-electron chi connectivity index (χ4n) is 3.09. The molecule has 0 saturated carbocycles. The molecule has 3 heterocycles. The second-order valence-electron chi connectivity index (χ2n) is 7.60. The summed E-state index contributed by atoms with van der Waals surface area (Å²) in [6, 6.07) is 6.22. The van der Waals surface area contributed by atoms with Crippen molar-refractivity contribution in [2.45, 2.75) is 41.5 Å². The van der Waals surface area contributed by atoms with Crippen LogP contribution in [0.3, 0.4) is 0 Å². The van der Waals surface area contributed by atoms with Crippen LogP contribution in [0.4, 0.5) is 0 Å². The topological polar surface area (TPSA) is 151 Å². The maximum Gasteiger partial charge on any atom is 4.00 e. The van der Waals surface area contributed by atoms with Gasteiger partial charge in [-0.2, -0.15) is 0 Å². The number of hydrogen-bond donors (Lipinski definition) is 2. The molecular weight excluding hydrogens is 597 g/mol. The van der Waals surface area contributed by atoms with Gasteiger partial charge >= 0.3 is 21.1 Å². The smallest absolute Gasteiger partial charge is 0.783 e. The van der Waals surface area contributed by atoms with Crippen molar-refractivity contribution in [3.05, 3.63) is 62.9 Å². The third-order valence-corrected chi connectivity index (χ3v) is 5.13. The van der Waals surface area contributed by atoms with E-state index in [1.165, 1.54) is 0 Å². The van der Waals surface area contributed by atoms with Crippen LogP contribution in [-0.4, -0.2) is 73.6 Å². The molecule has 3 aromatic heterocycles. The van der Waals surface area contributed by atoms with Crippen LogP contribution in [0.2, 0.25) is 0 Å². The Morgan fingerprint density at radius 2 is 0.973 bits per heavy atom.